The molecule has 3 rings (SSSR count). The molecule has 0 radical (unpaired) electrons. The van der Waals surface area contributed by atoms with Gasteiger partial charge in [-0.05, 0) is 38.5 Å². The Hall–Kier alpha value is -3.64. The molecular weight excluding hydrogens is 512 g/mol. The van der Waals surface area contributed by atoms with Crippen LogP contribution in [0, 0.1) is 6.92 Å². The largest absolute Gasteiger partial charge is 0.459 e. The molecule has 1 aromatic carbocycles. The number of carbonyl (C=O) groups excluding carboxylic acids is 3. The van der Waals surface area contributed by atoms with Crippen LogP contribution in [0.25, 0.3) is 11.4 Å². The number of carbonyl (C=O) groups is 3. The highest BCUT2D eigenvalue weighted by atomic mass is 32.2. The number of thioether (sulfide) groups is 1. The van der Waals surface area contributed by atoms with Crippen LogP contribution in [0.3, 0.4) is 0 Å². The molecule has 10 nitrogen and oxygen atoms in total. The van der Waals surface area contributed by atoms with Gasteiger partial charge in [0, 0.05) is 31.9 Å². The fourth-order valence-corrected chi connectivity index (χ4v) is 5.29. The predicted molar refractivity (Wildman–Crippen MR) is 147 cm³/mol. The van der Waals surface area contributed by atoms with Crippen molar-refractivity contribution >= 4 is 51.6 Å². The second-order valence-corrected chi connectivity index (χ2v) is 10.5. The van der Waals surface area contributed by atoms with E-state index in [0.29, 0.717) is 23.1 Å². The molecule has 0 bridgehead atoms. The summed E-state index contributed by atoms with van der Waals surface area (Å²) < 4.78 is 7.18. The topological polar surface area (TPSA) is 132 Å². The van der Waals surface area contributed by atoms with Gasteiger partial charge in [-0.1, -0.05) is 30.0 Å². The van der Waals surface area contributed by atoms with Crippen molar-refractivity contribution in [2.45, 2.75) is 38.6 Å². The molecule has 0 aliphatic rings. The van der Waals surface area contributed by atoms with E-state index in [1.54, 1.807) is 26.8 Å². The Balaban J connectivity index is 1.81. The zero-order valence-corrected chi connectivity index (χ0v) is 23.0. The standard InChI is InChI=1S/C25H30N6O4S2/c1-7-11-31-22(16-9-8-10-17(12-16)30(5)6)28-29-25(31)36-13-18(32)27-23-19(24(34)35-14(2)3)15(4)20(37-23)21(26)33/h7-10,12,14H,1,11,13H2,2-6H3,(H2,26,33)(H,27,32). The zero-order valence-electron chi connectivity index (χ0n) is 21.4. The van der Waals surface area contributed by atoms with Gasteiger partial charge in [-0.2, -0.15) is 0 Å². The number of hydrogen-bond donors (Lipinski definition) is 2. The maximum atomic E-state index is 12.9. The first-order valence-corrected chi connectivity index (χ1v) is 13.2. The second kappa shape index (κ2) is 12.1. The Kier molecular flexibility index (Phi) is 9.11. The molecule has 0 saturated carbocycles. The molecule has 0 aliphatic carbocycles. The Labute approximate surface area is 223 Å². The maximum absolute atomic E-state index is 12.9. The van der Waals surface area contributed by atoms with Gasteiger partial charge in [0.25, 0.3) is 5.91 Å². The molecule has 0 atom stereocenters. The Morgan fingerprint density at radius 2 is 2.03 bits per heavy atom. The molecule has 2 heterocycles. The average Bonchev–Trinajstić information content (AvgIpc) is 3.38. The lowest BCUT2D eigenvalue weighted by Gasteiger charge is -2.14. The average molecular weight is 543 g/mol. The highest BCUT2D eigenvalue weighted by Crippen LogP contribution is 2.34. The summed E-state index contributed by atoms with van der Waals surface area (Å²) in [6, 6.07) is 7.91. The van der Waals surface area contributed by atoms with E-state index >= 15 is 0 Å². The molecule has 12 heteroatoms. The molecule has 196 valence electrons. The van der Waals surface area contributed by atoms with Gasteiger partial charge >= 0.3 is 5.97 Å². The summed E-state index contributed by atoms with van der Waals surface area (Å²) in [6.45, 7) is 9.31. The third-order valence-corrected chi connectivity index (χ3v) is 7.34. The number of rotatable bonds is 11. The van der Waals surface area contributed by atoms with Crippen LogP contribution in [0.1, 0.15) is 39.4 Å². The minimum atomic E-state index is -0.681. The smallest absolute Gasteiger partial charge is 0.341 e. The first-order chi connectivity index (χ1) is 17.5. The molecule has 0 fully saturated rings. The number of hydrogen-bond acceptors (Lipinski definition) is 9. The van der Waals surface area contributed by atoms with Crippen molar-refractivity contribution in [1.29, 1.82) is 0 Å². The van der Waals surface area contributed by atoms with Gasteiger partial charge < -0.3 is 20.7 Å². The Morgan fingerprint density at radius 1 is 1.30 bits per heavy atom. The maximum Gasteiger partial charge on any atom is 0.341 e. The van der Waals surface area contributed by atoms with Crippen LogP contribution in [0.2, 0.25) is 0 Å². The molecule has 0 unspecified atom stereocenters. The summed E-state index contributed by atoms with van der Waals surface area (Å²) in [5.74, 6) is -1.04. The van der Waals surface area contributed by atoms with E-state index in [4.69, 9.17) is 10.5 Å². The summed E-state index contributed by atoms with van der Waals surface area (Å²) >= 11 is 2.15. The van der Waals surface area contributed by atoms with Crippen molar-refractivity contribution in [2.75, 3.05) is 30.1 Å². The number of amides is 2. The number of esters is 1. The number of benzene rings is 1. The lowest BCUT2D eigenvalue weighted by molar-refractivity contribution is -0.113. The van der Waals surface area contributed by atoms with Gasteiger partial charge in [0.15, 0.2) is 11.0 Å². The fourth-order valence-electron chi connectivity index (χ4n) is 3.47. The lowest BCUT2D eigenvalue weighted by Crippen LogP contribution is -2.18. The molecule has 2 aromatic heterocycles. The van der Waals surface area contributed by atoms with Crippen molar-refractivity contribution in [3.05, 3.63) is 52.9 Å². The van der Waals surface area contributed by atoms with E-state index < -0.39 is 11.9 Å². The molecule has 0 aliphatic heterocycles. The predicted octanol–water partition coefficient (Wildman–Crippen LogP) is 3.96. The first-order valence-electron chi connectivity index (χ1n) is 11.4. The van der Waals surface area contributed by atoms with Crippen LogP contribution in [0.15, 0.2) is 42.1 Å². The van der Waals surface area contributed by atoms with Gasteiger partial charge in [0.05, 0.1) is 22.3 Å². The SMILES string of the molecule is C=CCn1c(SCC(=O)Nc2sc(C(N)=O)c(C)c2C(=O)OC(C)C)nnc1-c1cccc(N(C)C)c1. The van der Waals surface area contributed by atoms with Crippen molar-refractivity contribution in [2.24, 2.45) is 5.73 Å². The third kappa shape index (κ3) is 6.57. The van der Waals surface area contributed by atoms with Crippen molar-refractivity contribution < 1.29 is 19.1 Å². The van der Waals surface area contributed by atoms with E-state index in [1.165, 1.54) is 11.8 Å². The number of primary amides is 1. The summed E-state index contributed by atoms with van der Waals surface area (Å²) in [4.78, 5) is 39.5. The van der Waals surface area contributed by atoms with Crippen LogP contribution in [0.5, 0.6) is 0 Å². The van der Waals surface area contributed by atoms with E-state index in [2.05, 4.69) is 22.1 Å². The normalized spacial score (nSPS) is 10.9. The number of anilines is 2. The molecule has 0 saturated heterocycles. The number of aromatic nitrogens is 3. The van der Waals surface area contributed by atoms with Crippen molar-refractivity contribution in [3.8, 4) is 11.4 Å². The number of thiophene rings is 1. The third-order valence-electron chi connectivity index (χ3n) is 5.15. The Bertz CT molecular complexity index is 1330. The fraction of sp³-hybridized carbons (Fsp3) is 0.320. The molecule has 3 N–H and O–H groups in total. The Morgan fingerprint density at radius 3 is 2.65 bits per heavy atom. The number of allylic oxidation sites excluding steroid dienone is 1. The molecule has 37 heavy (non-hydrogen) atoms. The first kappa shape index (κ1) is 27.9. The van der Waals surface area contributed by atoms with E-state index in [0.717, 1.165) is 22.6 Å². The van der Waals surface area contributed by atoms with Crippen molar-refractivity contribution in [3.63, 3.8) is 0 Å². The second-order valence-electron chi connectivity index (χ2n) is 8.57. The van der Waals surface area contributed by atoms with Crippen molar-refractivity contribution in [1.82, 2.24) is 14.8 Å². The summed E-state index contributed by atoms with van der Waals surface area (Å²) in [5.41, 5.74) is 7.87. The van der Waals surface area contributed by atoms with Gasteiger partial charge in [0.2, 0.25) is 5.91 Å². The number of ether oxygens (including phenoxy) is 1. The number of nitrogens with one attached hydrogen (secondary N) is 1. The summed E-state index contributed by atoms with van der Waals surface area (Å²) in [6.07, 6.45) is 1.37. The monoisotopic (exact) mass is 542 g/mol. The number of nitrogens with two attached hydrogens (primary N) is 1. The highest BCUT2D eigenvalue weighted by Gasteiger charge is 2.26. The van der Waals surface area contributed by atoms with Crippen LogP contribution in [-0.4, -0.2) is 58.5 Å². The highest BCUT2D eigenvalue weighted by molar-refractivity contribution is 7.99. The summed E-state index contributed by atoms with van der Waals surface area (Å²) in [5, 5.41) is 12.1. The van der Waals surface area contributed by atoms with Gasteiger partial charge in [-0.3, -0.25) is 14.2 Å². The number of nitrogens with zero attached hydrogens (tertiary/aromatic N) is 4. The minimum absolute atomic E-state index is 0.00542. The minimum Gasteiger partial charge on any atom is -0.459 e. The van der Waals surface area contributed by atoms with Gasteiger partial charge in [-0.25, -0.2) is 4.79 Å². The van der Waals surface area contributed by atoms with Crippen LogP contribution >= 0.6 is 23.1 Å². The molecular formula is C25H30N6O4S2. The van der Waals surface area contributed by atoms with Gasteiger partial charge in [0.1, 0.15) is 5.00 Å². The molecule has 2 amide bonds. The van der Waals surface area contributed by atoms with E-state index in [1.807, 2.05) is 47.8 Å². The van der Waals surface area contributed by atoms with Crippen LogP contribution in [-0.2, 0) is 16.1 Å². The zero-order chi connectivity index (χ0) is 27.3. The molecule has 3 aromatic rings. The van der Waals surface area contributed by atoms with E-state index in [9.17, 15) is 14.4 Å². The molecule has 0 spiro atoms. The van der Waals surface area contributed by atoms with Crippen LogP contribution < -0.4 is 16.0 Å². The quantitative estimate of drug-likeness (QED) is 0.211. The lowest BCUT2D eigenvalue weighted by atomic mass is 10.1. The van der Waals surface area contributed by atoms with E-state index in [-0.39, 0.29) is 33.2 Å². The van der Waals surface area contributed by atoms with Gasteiger partial charge in [-0.15, -0.1) is 28.1 Å². The van der Waals surface area contributed by atoms with Crippen LogP contribution in [0.4, 0.5) is 10.7 Å². The summed E-state index contributed by atoms with van der Waals surface area (Å²) in [7, 11) is 3.92.